The normalized spacial score (nSPS) is 11.4. The third kappa shape index (κ3) is 13.8. The first-order valence-corrected chi connectivity index (χ1v) is 8.26. The minimum absolute atomic E-state index is 0.107. The maximum absolute atomic E-state index is 10.9. The number of hydrogen-bond acceptors (Lipinski definition) is 3. The van der Waals surface area contributed by atoms with Crippen molar-refractivity contribution in [1.29, 1.82) is 0 Å². The topological polar surface area (TPSA) is 43.4 Å². The Bertz CT molecular complexity index is 311. The molecule has 0 N–H and O–H groups in total. The quantitative estimate of drug-likeness (QED) is 0.371. The highest BCUT2D eigenvalue weighted by molar-refractivity contribution is 9.11. The number of esters is 1. The Morgan fingerprint density at radius 1 is 0.950 bits per heavy atom. The van der Waals surface area contributed by atoms with Gasteiger partial charge < -0.3 is 9.53 Å². The lowest BCUT2D eigenvalue weighted by molar-refractivity contribution is -0.140. The molecule has 3 nitrogen and oxygen atoms in total. The summed E-state index contributed by atoms with van der Waals surface area (Å²) >= 11 is 3.54. The second-order valence-corrected chi connectivity index (χ2v) is 6.11. The first-order valence-electron chi connectivity index (χ1n) is 7.47. The molecule has 0 radical (unpaired) electrons. The van der Waals surface area contributed by atoms with Crippen molar-refractivity contribution in [3.63, 3.8) is 0 Å². The number of allylic oxidation sites excluding steroid dienone is 2. The van der Waals surface area contributed by atoms with E-state index in [9.17, 15) is 9.59 Å². The summed E-state index contributed by atoms with van der Waals surface area (Å²) in [6.07, 6.45) is 12.0. The van der Waals surface area contributed by atoms with E-state index in [2.05, 4.69) is 26.7 Å². The summed E-state index contributed by atoms with van der Waals surface area (Å²) in [6.45, 7) is 1.63. The standard InChI is InChI=1S/C16H27BrO3/c1-14(18)10-9-12-15(17)11-7-5-3-4-6-8-13-16(19)20-2/h12H,3-11,13H2,1-2H3/b15-12-. The number of hydrogen-bond donors (Lipinski definition) is 0. The first kappa shape index (κ1) is 19.4. The molecule has 0 amide bonds. The monoisotopic (exact) mass is 346 g/mol. The van der Waals surface area contributed by atoms with E-state index in [0.29, 0.717) is 12.8 Å². The third-order valence-electron chi connectivity index (χ3n) is 3.14. The van der Waals surface area contributed by atoms with Gasteiger partial charge in [-0.3, -0.25) is 4.79 Å². The van der Waals surface area contributed by atoms with E-state index in [1.165, 1.54) is 37.3 Å². The summed E-state index contributed by atoms with van der Waals surface area (Å²) in [5.41, 5.74) is 0. The Labute approximate surface area is 131 Å². The van der Waals surface area contributed by atoms with Gasteiger partial charge in [-0.1, -0.05) is 47.7 Å². The van der Waals surface area contributed by atoms with Crippen LogP contribution in [0.4, 0.5) is 0 Å². The molecule has 0 spiro atoms. The van der Waals surface area contributed by atoms with Crippen LogP contribution in [0.1, 0.15) is 71.1 Å². The van der Waals surface area contributed by atoms with Gasteiger partial charge >= 0.3 is 5.97 Å². The SMILES string of the molecule is COC(=O)CCCCCCCC/C(Br)=C/CCC(C)=O. The molecule has 20 heavy (non-hydrogen) atoms. The van der Waals surface area contributed by atoms with Crippen LogP contribution in [0.25, 0.3) is 0 Å². The highest BCUT2D eigenvalue weighted by Gasteiger charge is 1.99. The molecule has 0 aromatic heterocycles. The number of Topliss-reactive ketones (excluding diaryl/α,β-unsaturated/α-hetero) is 1. The molecule has 4 heteroatoms. The number of methoxy groups -OCH3 is 1. The van der Waals surface area contributed by atoms with E-state index >= 15 is 0 Å². The zero-order chi connectivity index (χ0) is 15.2. The first-order chi connectivity index (χ1) is 9.56. The fourth-order valence-electron chi connectivity index (χ4n) is 1.91. The summed E-state index contributed by atoms with van der Waals surface area (Å²) in [4.78, 5) is 21.7. The highest BCUT2D eigenvalue weighted by Crippen LogP contribution is 2.17. The minimum atomic E-state index is -0.107. The average Bonchev–Trinajstić information content (AvgIpc) is 2.40. The van der Waals surface area contributed by atoms with E-state index in [4.69, 9.17) is 0 Å². The highest BCUT2D eigenvalue weighted by atomic mass is 79.9. The third-order valence-corrected chi connectivity index (χ3v) is 3.86. The smallest absolute Gasteiger partial charge is 0.305 e. The lowest BCUT2D eigenvalue weighted by atomic mass is 10.1. The average molecular weight is 347 g/mol. The predicted molar refractivity (Wildman–Crippen MR) is 85.9 cm³/mol. The van der Waals surface area contributed by atoms with E-state index in [0.717, 1.165) is 25.7 Å². The molecule has 0 saturated heterocycles. The Morgan fingerprint density at radius 3 is 2.05 bits per heavy atom. The summed E-state index contributed by atoms with van der Waals surface area (Å²) in [6, 6.07) is 0. The van der Waals surface area contributed by atoms with Crippen LogP contribution in [0.3, 0.4) is 0 Å². The van der Waals surface area contributed by atoms with Gasteiger partial charge in [-0.2, -0.15) is 0 Å². The van der Waals surface area contributed by atoms with Crippen molar-refractivity contribution in [2.24, 2.45) is 0 Å². The fourth-order valence-corrected chi connectivity index (χ4v) is 2.42. The largest absolute Gasteiger partial charge is 0.469 e. The van der Waals surface area contributed by atoms with Crippen molar-refractivity contribution in [3.05, 3.63) is 10.6 Å². The molecule has 0 bridgehead atoms. The molecule has 0 aliphatic rings. The van der Waals surface area contributed by atoms with Crippen molar-refractivity contribution in [3.8, 4) is 0 Å². The van der Waals surface area contributed by atoms with Crippen LogP contribution < -0.4 is 0 Å². The summed E-state index contributed by atoms with van der Waals surface area (Å²) in [5, 5.41) is 0. The van der Waals surface area contributed by atoms with E-state index < -0.39 is 0 Å². The van der Waals surface area contributed by atoms with E-state index in [1.807, 2.05) is 0 Å². The Balaban J connectivity index is 3.35. The van der Waals surface area contributed by atoms with Gasteiger partial charge in [0.1, 0.15) is 5.78 Å². The molecule has 0 fully saturated rings. The van der Waals surface area contributed by atoms with Gasteiger partial charge in [-0.05, 0) is 37.1 Å². The van der Waals surface area contributed by atoms with Gasteiger partial charge in [-0.15, -0.1) is 0 Å². The lowest BCUT2D eigenvalue weighted by Gasteiger charge is -2.02. The van der Waals surface area contributed by atoms with Gasteiger partial charge in [0.25, 0.3) is 0 Å². The molecule has 0 unspecified atom stereocenters. The Morgan fingerprint density at radius 2 is 1.50 bits per heavy atom. The molecule has 0 rings (SSSR count). The molecule has 0 saturated carbocycles. The van der Waals surface area contributed by atoms with Crippen LogP contribution in [-0.2, 0) is 14.3 Å². The zero-order valence-corrected chi connectivity index (χ0v) is 14.3. The van der Waals surface area contributed by atoms with E-state index in [1.54, 1.807) is 6.92 Å². The molecule has 0 aliphatic carbocycles. The maximum atomic E-state index is 10.9. The number of halogens is 1. The minimum Gasteiger partial charge on any atom is -0.469 e. The molecular weight excluding hydrogens is 320 g/mol. The fraction of sp³-hybridized carbons (Fsp3) is 0.750. The van der Waals surface area contributed by atoms with Crippen LogP contribution >= 0.6 is 15.9 Å². The van der Waals surface area contributed by atoms with Gasteiger partial charge in [0.15, 0.2) is 0 Å². The Hall–Kier alpha value is -0.640. The van der Waals surface area contributed by atoms with E-state index in [-0.39, 0.29) is 11.8 Å². The number of ketones is 1. The second-order valence-electron chi connectivity index (χ2n) is 5.09. The number of carbonyl (C=O) groups excluding carboxylic acids is 2. The van der Waals surface area contributed by atoms with Crippen LogP contribution in [0, 0.1) is 0 Å². The molecule has 0 heterocycles. The van der Waals surface area contributed by atoms with Crippen LogP contribution in [0.5, 0.6) is 0 Å². The second kappa shape index (κ2) is 13.3. The molecule has 116 valence electrons. The number of rotatable bonds is 12. The van der Waals surface area contributed by atoms with Crippen molar-refractivity contribution in [1.82, 2.24) is 0 Å². The molecule has 0 aliphatic heterocycles. The van der Waals surface area contributed by atoms with Crippen molar-refractivity contribution < 1.29 is 14.3 Å². The summed E-state index contributed by atoms with van der Waals surface area (Å²) < 4.78 is 5.81. The number of unbranched alkanes of at least 4 members (excludes halogenated alkanes) is 5. The lowest BCUT2D eigenvalue weighted by Crippen LogP contribution is -1.99. The molecule has 0 aromatic rings. The number of ether oxygens (including phenoxy) is 1. The zero-order valence-electron chi connectivity index (χ0n) is 12.8. The van der Waals surface area contributed by atoms with Crippen LogP contribution in [-0.4, -0.2) is 18.9 Å². The van der Waals surface area contributed by atoms with Crippen molar-refractivity contribution >= 4 is 27.7 Å². The molecule has 0 atom stereocenters. The van der Waals surface area contributed by atoms with Gasteiger partial charge in [0.05, 0.1) is 7.11 Å². The molecule has 0 aromatic carbocycles. The predicted octanol–water partition coefficient (Wildman–Crippen LogP) is 4.93. The van der Waals surface area contributed by atoms with Gasteiger partial charge in [-0.25, -0.2) is 0 Å². The van der Waals surface area contributed by atoms with Gasteiger partial charge in [0.2, 0.25) is 0 Å². The van der Waals surface area contributed by atoms with Gasteiger partial charge in [0, 0.05) is 12.8 Å². The maximum Gasteiger partial charge on any atom is 0.305 e. The summed E-state index contributed by atoms with van der Waals surface area (Å²) in [7, 11) is 1.43. The Kier molecular flexibility index (Phi) is 12.9. The van der Waals surface area contributed by atoms with Crippen LogP contribution in [0.15, 0.2) is 10.6 Å². The van der Waals surface area contributed by atoms with Crippen molar-refractivity contribution in [2.45, 2.75) is 71.1 Å². The van der Waals surface area contributed by atoms with Crippen molar-refractivity contribution in [2.75, 3.05) is 7.11 Å². The summed E-state index contributed by atoms with van der Waals surface area (Å²) in [5.74, 6) is 0.137. The molecular formula is C16H27BrO3. The van der Waals surface area contributed by atoms with Crippen LogP contribution in [0.2, 0.25) is 0 Å². The number of carbonyl (C=O) groups is 2.